The number of carbonyl (C=O) groups excluding carboxylic acids is 2. The number of nitrogens with zero attached hydrogens (tertiary/aromatic N) is 2. The average Bonchev–Trinajstić information content (AvgIpc) is 3.09. The number of methoxy groups -OCH3 is 1. The predicted molar refractivity (Wildman–Crippen MR) is 127 cm³/mol. The molecule has 9 heteroatoms. The summed E-state index contributed by atoms with van der Waals surface area (Å²) in [6, 6.07) is 10.9. The Morgan fingerprint density at radius 1 is 1.12 bits per heavy atom. The van der Waals surface area contributed by atoms with Crippen LogP contribution in [0.2, 0.25) is 0 Å². The Bertz CT molecular complexity index is 1180. The molecule has 0 aliphatic rings. The van der Waals surface area contributed by atoms with Crippen LogP contribution < -0.4 is 21.1 Å². The first kappa shape index (κ1) is 24.1. The number of fused-ring (bicyclic) bond motifs is 1. The third-order valence-corrected chi connectivity index (χ3v) is 5.29. The van der Waals surface area contributed by atoms with E-state index in [-0.39, 0.29) is 17.7 Å². The zero-order valence-electron chi connectivity index (χ0n) is 19.5. The average molecular weight is 455 g/mol. The van der Waals surface area contributed by atoms with Crippen LogP contribution in [0.5, 0.6) is 5.75 Å². The molecule has 3 aromatic rings. The van der Waals surface area contributed by atoms with E-state index in [1.807, 2.05) is 32.8 Å². The topological polar surface area (TPSA) is 106 Å². The van der Waals surface area contributed by atoms with Gasteiger partial charge in [-0.2, -0.15) is 0 Å². The lowest BCUT2D eigenvalue weighted by Gasteiger charge is -2.22. The first-order valence-corrected chi connectivity index (χ1v) is 10.7. The van der Waals surface area contributed by atoms with Gasteiger partial charge in [-0.05, 0) is 62.5 Å². The molecule has 1 atom stereocenters. The number of nitrogens with one attached hydrogen (secondary N) is 2. The predicted octanol–water partition coefficient (Wildman–Crippen LogP) is 2.56. The molecule has 1 unspecified atom stereocenters. The van der Waals surface area contributed by atoms with Gasteiger partial charge in [0.1, 0.15) is 11.8 Å². The molecule has 176 valence electrons. The van der Waals surface area contributed by atoms with Gasteiger partial charge in [0.15, 0.2) is 5.58 Å². The van der Waals surface area contributed by atoms with Crippen molar-refractivity contribution >= 4 is 28.6 Å². The van der Waals surface area contributed by atoms with Crippen LogP contribution in [-0.4, -0.2) is 55.1 Å². The molecule has 3 rings (SSSR count). The minimum atomic E-state index is -0.754. The monoisotopic (exact) mass is 454 g/mol. The zero-order chi connectivity index (χ0) is 24.1. The van der Waals surface area contributed by atoms with E-state index in [0.717, 1.165) is 0 Å². The maximum atomic E-state index is 13.0. The highest BCUT2D eigenvalue weighted by Crippen LogP contribution is 2.20. The van der Waals surface area contributed by atoms with Crippen LogP contribution >= 0.6 is 0 Å². The molecular formula is C24H30N4O5. The van der Waals surface area contributed by atoms with Crippen LogP contribution in [0.1, 0.15) is 24.2 Å². The molecule has 2 amide bonds. The summed E-state index contributed by atoms with van der Waals surface area (Å²) in [5.41, 5.74) is 1.99. The number of oxazole rings is 1. The number of carbonyl (C=O) groups is 2. The number of hydrogen-bond acceptors (Lipinski definition) is 6. The fourth-order valence-electron chi connectivity index (χ4n) is 3.37. The van der Waals surface area contributed by atoms with Gasteiger partial charge in [-0.3, -0.25) is 14.2 Å². The highest BCUT2D eigenvalue weighted by Gasteiger charge is 2.25. The van der Waals surface area contributed by atoms with Gasteiger partial charge in [0, 0.05) is 24.3 Å². The van der Waals surface area contributed by atoms with Crippen LogP contribution in [0.4, 0.5) is 5.69 Å². The Labute approximate surface area is 192 Å². The molecule has 0 bridgehead atoms. The van der Waals surface area contributed by atoms with Gasteiger partial charge >= 0.3 is 5.76 Å². The molecule has 9 nitrogen and oxygen atoms in total. The van der Waals surface area contributed by atoms with E-state index in [0.29, 0.717) is 41.2 Å². The molecule has 0 saturated heterocycles. The van der Waals surface area contributed by atoms with Crippen molar-refractivity contribution in [1.82, 2.24) is 14.8 Å². The van der Waals surface area contributed by atoms with E-state index >= 15 is 0 Å². The van der Waals surface area contributed by atoms with E-state index < -0.39 is 11.8 Å². The summed E-state index contributed by atoms with van der Waals surface area (Å²) in [5.74, 6) is -0.653. The largest absolute Gasteiger partial charge is 0.497 e. The van der Waals surface area contributed by atoms with Crippen LogP contribution in [0.15, 0.2) is 51.7 Å². The van der Waals surface area contributed by atoms with Crippen molar-refractivity contribution in [2.45, 2.75) is 26.4 Å². The maximum absolute atomic E-state index is 13.0. The SMILES string of the molecule is COc1ccc(C(=O)NC(C(=O)Nc2ccc3oc(=O)n(CCN(C)C)c3c2)C(C)C)cc1. The summed E-state index contributed by atoms with van der Waals surface area (Å²) in [5, 5.41) is 5.66. The van der Waals surface area contributed by atoms with Crippen molar-refractivity contribution in [2.75, 3.05) is 33.1 Å². The van der Waals surface area contributed by atoms with Gasteiger partial charge < -0.3 is 24.7 Å². The van der Waals surface area contributed by atoms with E-state index in [1.165, 1.54) is 4.57 Å². The maximum Gasteiger partial charge on any atom is 0.419 e. The second-order valence-electron chi connectivity index (χ2n) is 8.42. The normalized spacial score (nSPS) is 12.2. The van der Waals surface area contributed by atoms with Crippen molar-refractivity contribution in [1.29, 1.82) is 0 Å². The lowest BCUT2D eigenvalue weighted by molar-refractivity contribution is -0.118. The van der Waals surface area contributed by atoms with Crippen molar-refractivity contribution in [3.63, 3.8) is 0 Å². The number of hydrogen-bond donors (Lipinski definition) is 2. The number of rotatable bonds is 9. The second kappa shape index (κ2) is 10.4. The van der Waals surface area contributed by atoms with E-state index in [1.54, 1.807) is 49.6 Å². The molecule has 33 heavy (non-hydrogen) atoms. The molecule has 0 aliphatic heterocycles. The van der Waals surface area contributed by atoms with E-state index in [2.05, 4.69) is 10.6 Å². The first-order chi connectivity index (χ1) is 15.7. The van der Waals surface area contributed by atoms with Crippen LogP contribution in [0.25, 0.3) is 11.1 Å². The van der Waals surface area contributed by atoms with Gasteiger partial charge in [-0.1, -0.05) is 13.8 Å². The molecule has 1 aromatic heterocycles. The van der Waals surface area contributed by atoms with Crippen LogP contribution in [0.3, 0.4) is 0 Å². The highest BCUT2D eigenvalue weighted by molar-refractivity contribution is 6.01. The number of likely N-dealkylation sites (N-methyl/N-ethyl adjacent to an activating group) is 1. The lowest BCUT2D eigenvalue weighted by Crippen LogP contribution is -2.47. The van der Waals surface area contributed by atoms with Gasteiger partial charge in [0.05, 0.1) is 12.6 Å². The second-order valence-corrected chi connectivity index (χ2v) is 8.42. The molecule has 0 spiro atoms. The number of ether oxygens (including phenoxy) is 1. The van der Waals surface area contributed by atoms with Crippen molar-refractivity contribution in [3.05, 3.63) is 58.6 Å². The summed E-state index contributed by atoms with van der Waals surface area (Å²) in [6.07, 6.45) is 0. The summed E-state index contributed by atoms with van der Waals surface area (Å²) in [4.78, 5) is 39.9. The van der Waals surface area contributed by atoms with Gasteiger partial charge in [-0.15, -0.1) is 0 Å². The summed E-state index contributed by atoms with van der Waals surface area (Å²) in [7, 11) is 5.40. The van der Waals surface area contributed by atoms with Crippen molar-refractivity contribution in [2.24, 2.45) is 5.92 Å². The highest BCUT2D eigenvalue weighted by atomic mass is 16.5. The van der Waals surface area contributed by atoms with E-state index in [9.17, 15) is 14.4 Å². The molecule has 0 fully saturated rings. The number of amides is 2. The summed E-state index contributed by atoms with van der Waals surface area (Å²) >= 11 is 0. The van der Waals surface area contributed by atoms with Crippen LogP contribution in [-0.2, 0) is 11.3 Å². The molecule has 0 saturated carbocycles. The van der Waals surface area contributed by atoms with Crippen molar-refractivity contribution < 1.29 is 18.7 Å². The van der Waals surface area contributed by atoms with Gasteiger partial charge in [0.25, 0.3) is 5.91 Å². The van der Waals surface area contributed by atoms with E-state index in [4.69, 9.17) is 9.15 Å². The van der Waals surface area contributed by atoms with Crippen LogP contribution in [0, 0.1) is 5.92 Å². The zero-order valence-corrected chi connectivity index (χ0v) is 19.5. The summed E-state index contributed by atoms with van der Waals surface area (Å²) < 4.78 is 12.0. The molecule has 1 heterocycles. The minimum absolute atomic E-state index is 0.150. The number of anilines is 1. The standard InChI is InChI=1S/C24H30N4O5/c1-15(2)21(26-22(29)16-6-9-18(32-5)10-7-16)23(30)25-17-8-11-20-19(14-17)28(24(31)33-20)13-12-27(3)4/h6-11,14-15,21H,12-13H2,1-5H3,(H,25,30)(H,26,29). The van der Waals surface area contributed by atoms with Crippen molar-refractivity contribution in [3.8, 4) is 5.75 Å². The fraction of sp³-hybridized carbons (Fsp3) is 0.375. The molecule has 0 radical (unpaired) electrons. The first-order valence-electron chi connectivity index (χ1n) is 10.7. The molecule has 0 aliphatic carbocycles. The third-order valence-electron chi connectivity index (χ3n) is 5.29. The Morgan fingerprint density at radius 2 is 1.82 bits per heavy atom. The quantitative estimate of drug-likeness (QED) is 0.515. The molecule has 2 N–H and O–H groups in total. The Morgan fingerprint density at radius 3 is 2.42 bits per heavy atom. The Kier molecular flexibility index (Phi) is 7.55. The fourth-order valence-corrected chi connectivity index (χ4v) is 3.37. The molecule has 2 aromatic carbocycles. The van der Waals surface area contributed by atoms with Gasteiger partial charge in [-0.25, -0.2) is 4.79 Å². The number of aromatic nitrogens is 1. The minimum Gasteiger partial charge on any atom is -0.497 e. The lowest BCUT2D eigenvalue weighted by atomic mass is 10.0. The smallest absolute Gasteiger partial charge is 0.419 e. The number of benzene rings is 2. The Hall–Kier alpha value is -3.59. The third kappa shape index (κ3) is 5.81. The van der Waals surface area contributed by atoms with Gasteiger partial charge in [0.2, 0.25) is 5.91 Å². The summed E-state index contributed by atoms with van der Waals surface area (Å²) in [6.45, 7) is 4.84. The Balaban J connectivity index is 1.77. The molecular weight excluding hydrogens is 424 g/mol.